The Hall–Kier alpha value is 1.01. The van der Waals surface area contributed by atoms with Crippen LogP contribution >= 0.6 is 8.58 Å². The minimum Gasteiger partial charge on any atom is -0.123 e. The molecule has 0 saturated heterocycles. The first-order valence-electron chi connectivity index (χ1n) is 2.12. The van der Waals surface area contributed by atoms with E-state index in [0.29, 0.717) is 0 Å². The van der Waals surface area contributed by atoms with E-state index in [-0.39, 0.29) is 18.6 Å². The largest absolute Gasteiger partial charge is 0.123 e. The van der Waals surface area contributed by atoms with Gasteiger partial charge in [-0.05, 0) is 12.3 Å². The Morgan fingerprint density at radius 1 is 1.17 bits per heavy atom. The van der Waals surface area contributed by atoms with Crippen molar-refractivity contribution in [3.63, 3.8) is 0 Å². The summed E-state index contributed by atoms with van der Waals surface area (Å²) in [6.45, 7) is 4.45. The van der Waals surface area contributed by atoms with Crippen molar-refractivity contribution in [2.24, 2.45) is 0 Å². The Morgan fingerprint density at radius 2 is 1.50 bits per heavy atom. The van der Waals surface area contributed by atoms with Gasteiger partial charge in [0.2, 0.25) is 0 Å². The average Bonchev–Trinajstić information content (AvgIpc) is 1.41. The first-order chi connectivity index (χ1) is 2.41. The van der Waals surface area contributed by atoms with Gasteiger partial charge in [0.25, 0.3) is 0 Å². The Labute approximate surface area is 53.8 Å². The van der Waals surface area contributed by atoms with E-state index in [2.05, 4.69) is 13.8 Å². The molecule has 0 nitrogen and oxygen atoms in total. The third-order valence-corrected chi connectivity index (χ3v) is 1.50. The Kier molecular flexibility index (Phi) is 15.8. The van der Waals surface area contributed by atoms with Crippen molar-refractivity contribution in [1.82, 2.24) is 0 Å². The summed E-state index contributed by atoms with van der Waals surface area (Å²) in [7, 11) is 1.20. The van der Waals surface area contributed by atoms with Gasteiger partial charge in [-0.2, -0.15) is 0 Å². The second-order valence-corrected chi connectivity index (χ2v) is 2.87. The molecular weight excluding hydrogens is 130 g/mol. The molecule has 0 aromatic heterocycles. The molecule has 0 fully saturated rings. The molecular formula is C4H11PV. The number of hydrogen-bond acceptors (Lipinski definition) is 0. The van der Waals surface area contributed by atoms with Gasteiger partial charge in [-0.3, -0.25) is 0 Å². The summed E-state index contributed by atoms with van der Waals surface area (Å²) in [5.41, 5.74) is 0. The molecule has 2 heteroatoms. The third kappa shape index (κ3) is 8.89. The second-order valence-electron chi connectivity index (χ2n) is 0.957. The van der Waals surface area contributed by atoms with Crippen LogP contribution in [-0.2, 0) is 18.6 Å². The Bertz CT molecular complexity index is 15.0. The van der Waals surface area contributed by atoms with Crippen molar-refractivity contribution < 1.29 is 18.6 Å². The topological polar surface area (TPSA) is 0 Å². The molecule has 37 valence electrons. The Balaban J connectivity index is 0. The molecule has 6 heavy (non-hydrogen) atoms. The second kappa shape index (κ2) is 9.38. The van der Waals surface area contributed by atoms with E-state index in [1.807, 2.05) is 0 Å². The predicted molar refractivity (Wildman–Crippen MR) is 29.4 cm³/mol. The van der Waals surface area contributed by atoms with Gasteiger partial charge in [0.05, 0.1) is 0 Å². The molecule has 0 rings (SSSR count). The molecule has 0 aliphatic heterocycles. The Morgan fingerprint density at radius 3 is 1.50 bits per heavy atom. The molecule has 0 N–H and O–H groups in total. The maximum Gasteiger partial charge on any atom is 0 e. The van der Waals surface area contributed by atoms with Crippen LogP contribution in [0.15, 0.2) is 0 Å². The fourth-order valence-corrected chi connectivity index (χ4v) is 0.750. The SMILES string of the molecule is CCPCC.[V]. The zero-order chi connectivity index (χ0) is 4.12. The van der Waals surface area contributed by atoms with Crippen molar-refractivity contribution in [3.8, 4) is 0 Å². The summed E-state index contributed by atoms with van der Waals surface area (Å²) >= 11 is 0. The normalized spacial score (nSPS) is 7.00. The maximum absolute atomic E-state index is 2.22. The molecule has 0 amide bonds. The van der Waals surface area contributed by atoms with Gasteiger partial charge in [-0.25, -0.2) is 0 Å². The third-order valence-electron chi connectivity index (χ3n) is 0.500. The fraction of sp³-hybridized carbons (Fsp3) is 1.00. The van der Waals surface area contributed by atoms with Gasteiger partial charge >= 0.3 is 0 Å². The summed E-state index contributed by atoms with van der Waals surface area (Å²) in [6.07, 6.45) is 2.74. The van der Waals surface area contributed by atoms with Crippen LogP contribution in [0.4, 0.5) is 0 Å². The zero-order valence-corrected chi connectivity index (χ0v) is 6.76. The van der Waals surface area contributed by atoms with Gasteiger partial charge in [-0.1, -0.05) is 13.8 Å². The van der Waals surface area contributed by atoms with Crippen LogP contribution in [0.1, 0.15) is 13.8 Å². The summed E-state index contributed by atoms with van der Waals surface area (Å²) < 4.78 is 0. The minimum absolute atomic E-state index is 0. The zero-order valence-electron chi connectivity index (χ0n) is 4.36. The molecule has 0 spiro atoms. The standard InChI is InChI=1S/C4H11P.V/c1-3-5-4-2;/h5H,3-4H2,1-2H3;. The molecule has 0 saturated carbocycles. The van der Waals surface area contributed by atoms with Gasteiger partial charge < -0.3 is 0 Å². The van der Waals surface area contributed by atoms with Gasteiger partial charge in [0, 0.05) is 18.6 Å². The van der Waals surface area contributed by atoms with Crippen molar-refractivity contribution in [1.29, 1.82) is 0 Å². The molecule has 1 radical (unpaired) electrons. The summed E-state index contributed by atoms with van der Waals surface area (Å²) in [5, 5.41) is 0. The van der Waals surface area contributed by atoms with E-state index >= 15 is 0 Å². The van der Waals surface area contributed by atoms with Crippen LogP contribution in [0.3, 0.4) is 0 Å². The number of rotatable bonds is 2. The van der Waals surface area contributed by atoms with Crippen molar-refractivity contribution in [2.45, 2.75) is 13.8 Å². The molecule has 0 aliphatic rings. The molecule has 0 bridgehead atoms. The van der Waals surface area contributed by atoms with E-state index in [1.54, 1.807) is 0 Å². The van der Waals surface area contributed by atoms with Crippen LogP contribution in [0.2, 0.25) is 0 Å². The van der Waals surface area contributed by atoms with Crippen molar-refractivity contribution in [3.05, 3.63) is 0 Å². The van der Waals surface area contributed by atoms with Crippen LogP contribution in [0, 0.1) is 0 Å². The van der Waals surface area contributed by atoms with Crippen LogP contribution in [0.5, 0.6) is 0 Å². The summed E-state index contributed by atoms with van der Waals surface area (Å²) in [6, 6.07) is 0. The van der Waals surface area contributed by atoms with E-state index < -0.39 is 0 Å². The van der Waals surface area contributed by atoms with E-state index in [0.717, 1.165) is 0 Å². The fourth-order valence-electron chi connectivity index (χ4n) is 0.250. The van der Waals surface area contributed by atoms with Crippen LogP contribution < -0.4 is 0 Å². The minimum atomic E-state index is 0. The molecule has 0 aromatic rings. The maximum atomic E-state index is 2.22. The predicted octanol–water partition coefficient (Wildman–Crippen LogP) is 1.70. The van der Waals surface area contributed by atoms with Gasteiger partial charge in [0.15, 0.2) is 0 Å². The first kappa shape index (κ1) is 10.1. The summed E-state index contributed by atoms with van der Waals surface area (Å²) in [4.78, 5) is 0. The monoisotopic (exact) mass is 141 g/mol. The molecule has 0 aromatic carbocycles. The van der Waals surface area contributed by atoms with Gasteiger partial charge in [-0.15, -0.1) is 8.58 Å². The first-order valence-corrected chi connectivity index (χ1v) is 3.54. The smallest absolute Gasteiger partial charge is 0 e. The molecule has 0 unspecified atom stereocenters. The average molecular weight is 141 g/mol. The van der Waals surface area contributed by atoms with Crippen LogP contribution in [-0.4, -0.2) is 12.3 Å². The molecule has 0 atom stereocenters. The van der Waals surface area contributed by atoms with Crippen LogP contribution in [0.25, 0.3) is 0 Å². The number of hydrogen-bond donors (Lipinski definition) is 0. The van der Waals surface area contributed by atoms with E-state index in [4.69, 9.17) is 0 Å². The quantitative estimate of drug-likeness (QED) is 0.513. The van der Waals surface area contributed by atoms with Gasteiger partial charge in [0.1, 0.15) is 0 Å². The van der Waals surface area contributed by atoms with Crippen molar-refractivity contribution >= 4 is 8.58 Å². The van der Waals surface area contributed by atoms with Crippen molar-refractivity contribution in [2.75, 3.05) is 12.3 Å². The van der Waals surface area contributed by atoms with E-state index in [1.165, 1.54) is 20.9 Å². The molecule has 0 heterocycles. The summed E-state index contributed by atoms with van der Waals surface area (Å²) in [5.74, 6) is 0. The molecule has 0 aliphatic carbocycles. The van der Waals surface area contributed by atoms with E-state index in [9.17, 15) is 0 Å².